The molecule has 0 bridgehead atoms. The van der Waals surface area contributed by atoms with E-state index in [1.54, 1.807) is 0 Å². The second-order valence-electron chi connectivity index (χ2n) is 4.65. The molecule has 1 amide bonds. The summed E-state index contributed by atoms with van der Waals surface area (Å²) in [4.78, 5) is 12.0. The molecule has 23 heavy (non-hydrogen) atoms. The maximum absolute atomic E-state index is 13.5. The highest BCUT2D eigenvalue weighted by molar-refractivity contribution is 7.92. The second-order valence-corrected chi connectivity index (χ2v) is 6.80. The molecule has 2 aromatic carbocycles. The zero-order valence-electron chi connectivity index (χ0n) is 11.7. The van der Waals surface area contributed by atoms with Crippen molar-refractivity contribution in [2.45, 2.75) is 0 Å². The van der Waals surface area contributed by atoms with Gasteiger partial charge in [-0.1, -0.05) is 11.6 Å². The number of sulfonamides is 1. The van der Waals surface area contributed by atoms with Crippen molar-refractivity contribution in [1.82, 2.24) is 0 Å². The molecule has 0 spiro atoms. The Hall–Kier alpha value is -2.19. The summed E-state index contributed by atoms with van der Waals surface area (Å²) in [6, 6.07) is 6.58. The average Bonchev–Trinajstić information content (AvgIpc) is 2.42. The zero-order valence-corrected chi connectivity index (χ0v) is 13.3. The topological polar surface area (TPSA) is 75.3 Å². The van der Waals surface area contributed by atoms with Gasteiger partial charge in [-0.3, -0.25) is 9.52 Å². The lowest BCUT2D eigenvalue weighted by atomic mass is 10.2. The van der Waals surface area contributed by atoms with Crippen LogP contribution in [0.15, 0.2) is 36.4 Å². The minimum atomic E-state index is -3.51. The first-order valence-corrected chi connectivity index (χ1v) is 8.46. The van der Waals surface area contributed by atoms with Gasteiger partial charge in [-0.05, 0) is 30.3 Å². The highest BCUT2D eigenvalue weighted by Gasteiger charge is 2.13. The van der Waals surface area contributed by atoms with Crippen LogP contribution in [0, 0.1) is 11.6 Å². The predicted molar refractivity (Wildman–Crippen MR) is 84.2 cm³/mol. The van der Waals surface area contributed by atoms with Crippen LogP contribution in [0.25, 0.3) is 0 Å². The van der Waals surface area contributed by atoms with Crippen LogP contribution in [0.1, 0.15) is 10.4 Å². The normalized spacial score (nSPS) is 11.1. The number of carbonyl (C=O) groups is 1. The monoisotopic (exact) mass is 360 g/mol. The summed E-state index contributed by atoms with van der Waals surface area (Å²) in [5, 5.41) is 2.27. The van der Waals surface area contributed by atoms with Crippen LogP contribution in [-0.2, 0) is 10.0 Å². The summed E-state index contributed by atoms with van der Waals surface area (Å²) in [5.41, 5.74) is 0.00214. The molecule has 9 heteroatoms. The zero-order chi connectivity index (χ0) is 17.2. The fourth-order valence-corrected chi connectivity index (χ4v) is 2.59. The number of rotatable bonds is 4. The van der Waals surface area contributed by atoms with Gasteiger partial charge in [0.15, 0.2) is 0 Å². The van der Waals surface area contributed by atoms with Gasteiger partial charge in [0.25, 0.3) is 5.91 Å². The molecule has 0 aliphatic carbocycles. The van der Waals surface area contributed by atoms with Crippen LogP contribution in [0.3, 0.4) is 0 Å². The molecule has 0 saturated carbocycles. The molecule has 0 atom stereocenters. The lowest BCUT2D eigenvalue weighted by Crippen LogP contribution is -2.14. The van der Waals surface area contributed by atoms with Crippen LogP contribution < -0.4 is 10.0 Å². The lowest BCUT2D eigenvalue weighted by Gasteiger charge is -2.09. The third-order valence-electron chi connectivity index (χ3n) is 2.71. The Morgan fingerprint density at radius 2 is 1.74 bits per heavy atom. The second kappa shape index (κ2) is 6.51. The van der Waals surface area contributed by atoms with Crippen LogP contribution in [0.5, 0.6) is 0 Å². The number of carbonyl (C=O) groups excluding carboxylic acids is 1. The molecule has 2 rings (SSSR count). The number of anilines is 2. The van der Waals surface area contributed by atoms with E-state index < -0.39 is 27.6 Å². The molecule has 0 saturated heterocycles. The van der Waals surface area contributed by atoms with E-state index in [4.69, 9.17) is 11.6 Å². The van der Waals surface area contributed by atoms with Gasteiger partial charge in [-0.25, -0.2) is 17.2 Å². The lowest BCUT2D eigenvalue weighted by molar-refractivity contribution is 0.102. The Morgan fingerprint density at radius 3 is 2.30 bits per heavy atom. The first-order chi connectivity index (χ1) is 10.7. The van der Waals surface area contributed by atoms with E-state index in [1.807, 2.05) is 0 Å². The minimum absolute atomic E-state index is 0.00246. The highest BCUT2D eigenvalue weighted by Crippen LogP contribution is 2.24. The van der Waals surface area contributed by atoms with E-state index >= 15 is 0 Å². The summed E-state index contributed by atoms with van der Waals surface area (Å²) < 4.78 is 50.8. The van der Waals surface area contributed by atoms with E-state index in [0.717, 1.165) is 18.4 Å². The first kappa shape index (κ1) is 17.2. The van der Waals surface area contributed by atoms with E-state index in [-0.39, 0.29) is 22.0 Å². The van der Waals surface area contributed by atoms with Crippen LogP contribution in [0.2, 0.25) is 5.02 Å². The van der Waals surface area contributed by atoms with Crippen LogP contribution >= 0.6 is 11.6 Å². The van der Waals surface area contributed by atoms with Crippen molar-refractivity contribution in [3.63, 3.8) is 0 Å². The smallest absolute Gasteiger partial charge is 0.255 e. The molecular formula is C14H11ClF2N2O3S. The van der Waals surface area contributed by atoms with E-state index in [9.17, 15) is 22.0 Å². The third-order valence-corrected chi connectivity index (χ3v) is 3.61. The number of hydrogen-bond donors (Lipinski definition) is 2. The van der Waals surface area contributed by atoms with Gasteiger partial charge in [0, 0.05) is 11.6 Å². The Bertz CT molecular complexity index is 872. The average molecular weight is 361 g/mol. The van der Waals surface area contributed by atoms with Crippen LogP contribution in [0.4, 0.5) is 20.2 Å². The fourth-order valence-electron chi connectivity index (χ4n) is 1.72. The Kier molecular flexibility index (Phi) is 4.86. The Morgan fingerprint density at radius 1 is 1.09 bits per heavy atom. The van der Waals surface area contributed by atoms with Gasteiger partial charge >= 0.3 is 0 Å². The van der Waals surface area contributed by atoms with E-state index in [2.05, 4.69) is 10.0 Å². The number of halogens is 3. The Labute approximate surface area is 136 Å². The van der Waals surface area contributed by atoms with Gasteiger partial charge in [-0.2, -0.15) is 0 Å². The van der Waals surface area contributed by atoms with Crippen molar-refractivity contribution in [2.75, 3.05) is 16.3 Å². The third kappa shape index (κ3) is 4.64. The Balaban J connectivity index is 2.21. The number of hydrogen-bond acceptors (Lipinski definition) is 3. The van der Waals surface area contributed by atoms with E-state index in [0.29, 0.717) is 6.07 Å². The molecule has 0 fully saturated rings. The molecule has 2 N–H and O–H groups in total. The molecule has 122 valence electrons. The molecule has 0 aromatic heterocycles. The maximum atomic E-state index is 13.5. The maximum Gasteiger partial charge on any atom is 0.255 e. The summed E-state index contributed by atoms with van der Waals surface area (Å²) in [6.07, 6.45) is 0.960. The van der Waals surface area contributed by atoms with Gasteiger partial charge in [-0.15, -0.1) is 0 Å². The van der Waals surface area contributed by atoms with Gasteiger partial charge in [0.05, 0.1) is 22.7 Å². The van der Waals surface area contributed by atoms with Crippen molar-refractivity contribution >= 4 is 38.9 Å². The fraction of sp³-hybridized carbons (Fsp3) is 0.0714. The highest BCUT2D eigenvalue weighted by atomic mass is 35.5. The summed E-state index contributed by atoms with van der Waals surface area (Å²) in [5.74, 6) is -2.36. The molecule has 0 unspecified atom stereocenters. The quantitative estimate of drug-likeness (QED) is 0.878. The van der Waals surface area contributed by atoms with Crippen LogP contribution in [-0.4, -0.2) is 20.6 Å². The number of amides is 1. The predicted octanol–water partition coefficient (Wildman–Crippen LogP) is 3.24. The number of benzene rings is 2. The molecule has 0 heterocycles. The summed E-state index contributed by atoms with van der Waals surface area (Å²) in [7, 11) is -3.51. The van der Waals surface area contributed by atoms with Crippen molar-refractivity contribution in [1.29, 1.82) is 0 Å². The minimum Gasteiger partial charge on any atom is -0.319 e. The molecule has 0 aliphatic heterocycles. The molecule has 0 aliphatic rings. The molecule has 5 nitrogen and oxygen atoms in total. The SMILES string of the molecule is CS(=O)(=O)Nc1ccc(C(=O)Nc2ccc(F)cc2F)cc1Cl. The largest absolute Gasteiger partial charge is 0.319 e. The van der Waals surface area contributed by atoms with Gasteiger partial charge in [0.2, 0.25) is 10.0 Å². The first-order valence-electron chi connectivity index (χ1n) is 6.19. The molecule has 2 aromatic rings. The van der Waals surface area contributed by atoms with Gasteiger partial charge < -0.3 is 5.32 Å². The van der Waals surface area contributed by atoms with E-state index in [1.165, 1.54) is 18.2 Å². The van der Waals surface area contributed by atoms with Crippen molar-refractivity contribution in [2.24, 2.45) is 0 Å². The number of nitrogens with one attached hydrogen (secondary N) is 2. The molecule has 0 radical (unpaired) electrons. The summed E-state index contributed by atoms with van der Waals surface area (Å²) in [6.45, 7) is 0. The van der Waals surface area contributed by atoms with Crippen molar-refractivity contribution in [3.05, 3.63) is 58.6 Å². The van der Waals surface area contributed by atoms with Crippen molar-refractivity contribution < 1.29 is 22.0 Å². The summed E-state index contributed by atoms with van der Waals surface area (Å²) >= 11 is 5.90. The molecular weight excluding hydrogens is 350 g/mol. The van der Waals surface area contributed by atoms with Crippen molar-refractivity contribution in [3.8, 4) is 0 Å². The standard InChI is InChI=1S/C14H11ClF2N2O3S/c1-23(21,22)19-12-4-2-8(6-10(12)15)14(20)18-13-5-3-9(16)7-11(13)17/h2-7,19H,1H3,(H,18,20). The van der Waals surface area contributed by atoms with Gasteiger partial charge in [0.1, 0.15) is 11.6 Å².